The number of nitrogens with zero attached hydrogens (tertiary/aromatic N) is 6. The molecule has 6 rings (SSSR count). The molecule has 1 atom stereocenters. The lowest BCUT2D eigenvalue weighted by Crippen LogP contribution is -2.48. The summed E-state index contributed by atoms with van der Waals surface area (Å²) in [5.41, 5.74) is 3.93. The van der Waals surface area contributed by atoms with Crippen molar-refractivity contribution in [2.75, 3.05) is 28.2 Å². The van der Waals surface area contributed by atoms with Crippen molar-refractivity contribution in [3.8, 4) is 11.3 Å². The van der Waals surface area contributed by atoms with Crippen LogP contribution in [0.5, 0.6) is 0 Å². The van der Waals surface area contributed by atoms with E-state index in [4.69, 9.17) is 4.98 Å². The number of carbonyl (C=O) groups excluding carboxylic acids is 1. The number of pyridine rings is 2. The minimum absolute atomic E-state index is 0.0901. The van der Waals surface area contributed by atoms with Gasteiger partial charge in [0.2, 0.25) is 0 Å². The lowest BCUT2D eigenvalue weighted by Gasteiger charge is -2.35. The van der Waals surface area contributed by atoms with Gasteiger partial charge < -0.3 is 4.90 Å². The molecule has 1 saturated carbocycles. The predicted octanol–water partition coefficient (Wildman–Crippen LogP) is 3.44. The molecule has 0 radical (unpaired) electrons. The van der Waals surface area contributed by atoms with Crippen LogP contribution >= 0.6 is 0 Å². The monoisotopic (exact) mass is 399 g/mol. The fourth-order valence-electron chi connectivity index (χ4n) is 4.34. The summed E-state index contributed by atoms with van der Waals surface area (Å²) in [6.07, 6.45) is 9.96. The molecule has 2 bridgehead atoms. The molecule has 150 valence electrons. The number of aromatic nitrogens is 4. The Labute approximate surface area is 174 Å². The maximum absolute atomic E-state index is 13.2. The zero-order valence-electron chi connectivity index (χ0n) is 16.4. The minimum atomic E-state index is -0.227. The maximum Gasteiger partial charge on any atom is 0.329 e. The van der Waals surface area contributed by atoms with Crippen LogP contribution in [0.2, 0.25) is 0 Å². The summed E-state index contributed by atoms with van der Waals surface area (Å²) in [6, 6.07) is 8.12. The molecule has 0 spiro atoms. The number of urea groups is 1. The second-order valence-corrected chi connectivity index (χ2v) is 8.06. The first kappa shape index (κ1) is 17.3. The van der Waals surface area contributed by atoms with Crippen LogP contribution in [-0.2, 0) is 0 Å². The Kier molecular flexibility index (Phi) is 3.90. The Morgan fingerprint density at radius 1 is 1.03 bits per heavy atom. The topological polar surface area (TPSA) is 87.1 Å². The number of fused-ring (bicyclic) bond motifs is 4. The lowest BCUT2D eigenvalue weighted by atomic mass is 10.1. The van der Waals surface area contributed by atoms with E-state index in [-0.39, 0.29) is 12.1 Å². The third-order valence-corrected chi connectivity index (χ3v) is 6.05. The summed E-state index contributed by atoms with van der Waals surface area (Å²) in [7, 11) is 0. The minimum Gasteiger partial charge on any atom is -0.366 e. The van der Waals surface area contributed by atoms with Crippen molar-refractivity contribution in [2.45, 2.75) is 31.2 Å². The molecule has 3 aromatic heterocycles. The van der Waals surface area contributed by atoms with E-state index in [9.17, 15) is 4.79 Å². The summed E-state index contributed by atoms with van der Waals surface area (Å²) in [4.78, 5) is 35.0. The first-order valence-electron chi connectivity index (χ1n) is 10.3. The van der Waals surface area contributed by atoms with Crippen LogP contribution in [0.4, 0.5) is 22.1 Å². The Morgan fingerprint density at radius 2 is 1.97 bits per heavy atom. The van der Waals surface area contributed by atoms with Gasteiger partial charge in [-0.1, -0.05) is 0 Å². The molecule has 1 aliphatic carbocycles. The largest absolute Gasteiger partial charge is 0.366 e. The van der Waals surface area contributed by atoms with Crippen LogP contribution in [0.15, 0.2) is 49.1 Å². The predicted molar refractivity (Wildman–Crippen MR) is 114 cm³/mol. The highest BCUT2D eigenvalue weighted by Gasteiger charge is 2.40. The van der Waals surface area contributed by atoms with E-state index < -0.39 is 0 Å². The summed E-state index contributed by atoms with van der Waals surface area (Å²) in [5, 5.41) is 2.86. The van der Waals surface area contributed by atoms with Crippen LogP contribution in [0.1, 0.15) is 30.9 Å². The molecule has 1 N–H and O–H groups in total. The molecule has 3 aromatic rings. The van der Waals surface area contributed by atoms with Crippen molar-refractivity contribution in [3.05, 3.63) is 54.7 Å². The molecular weight excluding hydrogens is 378 g/mol. The van der Waals surface area contributed by atoms with Crippen molar-refractivity contribution in [3.63, 3.8) is 0 Å². The van der Waals surface area contributed by atoms with E-state index >= 15 is 0 Å². The molecule has 5 heterocycles. The molecule has 0 unspecified atom stereocenters. The molecule has 30 heavy (non-hydrogen) atoms. The molecule has 2 amide bonds. The Hall–Kier alpha value is -3.55. The number of carbonyl (C=O) groups is 1. The van der Waals surface area contributed by atoms with E-state index in [0.29, 0.717) is 17.6 Å². The summed E-state index contributed by atoms with van der Waals surface area (Å²) < 4.78 is 0. The summed E-state index contributed by atoms with van der Waals surface area (Å²) >= 11 is 0. The fourth-order valence-corrected chi connectivity index (χ4v) is 4.34. The average molecular weight is 399 g/mol. The van der Waals surface area contributed by atoms with Gasteiger partial charge in [0.15, 0.2) is 11.6 Å². The fraction of sp³-hybridized carbons (Fsp3) is 0.318. The Bertz CT molecular complexity index is 1100. The standard InChI is InChI=1S/C22H21N7O/c30-22(27-20-12-23-8-9-24-20)29-16-7-10-28(13-16)19-6-5-18(26-21(19)29)15-3-4-17(25-11-15)14-1-2-14/h3-6,8-9,11-12,14,16H,1-2,7,10,13H2,(H,24,27,30)/t16-/m0/s1. The van der Waals surface area contributed by atoms with Gasteiger partial charge in [0, 0.05) is 48.9 Å². The van der Waals surface area contributed by atoms with Crippen LogP contribution in [-0.4, -0.2) is 45.1 Å². The van der Waals surface area contributed by atoms with Gasteiger partial charge in [-0.3, -0.25) is 20.2 Å². The number of anilines is 3. The van der Waals surface area contributed by atoms with Gasteiger partial charge in [-0.2, -0.15) is 0 Å². The van der Waals surface area contributed by atoms with E-state index in [2.05, 4.69) is 43.4 Å². The van der Waals surface area contributed by atoms with Crippen molar-refractivity contribution in [2.24, 2.45) is 0 Å². The first-order valence-corrected chi connectivity index (χ1v) is 10.3. The smallest absolute Gasteiger partial charge is 0.329 e. The zero-order chi connectivity index (χ0) is 20.1. The normalized spacial score (nSPS) is 19.5. The van der Waals surface area contributed by atoms with Crippen molar-refractivity contribution < 1.29 is 4.79 Å². The van der Waals surface area contributed by atoms with Crippen LogP contribution in [0.25, 0.3) is 11.3 Å². The van der Waals surface area contributed by atoms with Gasteiger partial charge in [-0.15, -0.1) is 0 Å². The molecule has 8 heteroatoms. The Morgan fingerprint density at radius 3 is 2.73 bits per heavy atom. The SMILES string of the molecule is O=C(Nc1cnccn1)N1c2nc(-c3ccc(C4CC4)nc3)ccc2N2CC[C@H]1C2. The number of rotatable bonds is 3. The highest BCUT2D eigenvalue weighted by atomic mass is 16.2. The molecule has 1 saturated heterocycles. The van der Waals surface area contributed by atoms with E-state index in [0.717, 1.165) is 42.1 Å². The quantitative estimate of drug-likeness (QED) is 0.726. The van der Waals surface area contributed by atoms with Crippen molar-refractivity contribution in [1.29, 1.82) is 0 Å². The summed E-state index contributed by atoms with van der Waals surface area (Å²) in [6.45, 7) is 1.74. The van der Waals surface area contributed by atoms with Crippen LogP contribution < -0.4 is 15.1 Å². The number of hydrogen-bond donors (Lipinski definition) is 1. The molecule has 8 nitrogen and oxygen atoms in total. The van der Waals surface area contributed by atoms with Gasteiger partial charge in [0.05, 0.1) is 23.6 Å². The van der Waals surface area contributed by atoms with Gasteiger partial charge in [0.1, 0.15) is 0 Å². The molecule has 3 aliphatic rings. The number of hydrogen-bond acceptors (Lipinski definition) is 6. The van der Waals surface area contributed by atoms with E-state index in [1.54, 1.807) is 23.5 Å². The maximum atomic E-state index is 13.2. The first-order chi connectivity index (χ1) is 14.8. The molecule has 2 aliphatic heterocycles. The molecule has 2 fully saturated rings. The second-order valence-electron chi connectivity index (χ2n) is 8.06. The van der Waals surface area contributed by atoms with Crippen molar-refractivity contribution in [1.82, 2.24) is 19.9 Å². The van der Waals surface area contributed by atoms with Gasteiger partial charge >= 0.3 is 6.03 Å². The molecule has 0 aromatic carbocycles. The third-order valence-electron chi connectivity index (χ3n) is 6.05. The second kappa shape index (κ2) is 6.76. The van der Waals surface area contributed by atoms with Crippen LogP contribution in [0, 0.1) is 0 Å². The Balaban J connectivity index is 1.35. The number of nitrogens with one attached hydrogen (secondary N) is 1. The number of amides is 2. The van der Waals surface area contributed by atoms with Gasteiger partial charge in [-0.05, 0) is 43.5 Å². The zero-order valence-corrected chi connectivity index (χ0v) is 16.4. The van der Waals surface area contributed by atoms with Crippen molar-refractivity contribution >= 4 is 23.4 Å². The van der Waals surface area contributed by atoms with E-state index in [1.165, 1.54) is 12.8 Å². The third kappa shape index (κ3) is 2.96. The van der Waals surface area contributed by atoms with Gasteiger partial charge in [0.25, 0.3) is 0 Å². The highest BCUT2D eigenvalue weighted by Crippen LogP contribution is 2.41. The van der Waals surface area contributed by atoms with Gasteiger partial charge in [-0.25, -0.2) is 14.8 Å². The van der Waals surface area contributed by atoms with E-state index in [1.807, 2.05) is 12.3 Å². The highest BCUT2D eigenvalue weighted by molar-refractivity contribution is 6.04. The summed E-state index contributed by atoms with van der Waals surface area (Å²) in [5.74, 6) is 1.74. The lowest BCUT2D eigenvalue weighted by molar-refractivity contribution is 0.254. The molecular formula is C22H21N7O. The average Bonchev–Trinajstić information content (AvgIpc) is 3.56. The van der Waals surface area contributed by atoms with Crippen LogP contribution in [0.3, 0.4) is 0 Å².